The van der Waals surface area contributed by atoms with E-state index >= 15 is 0 Å². The van der Waals surface area contributed by atoms with Crippen molar-refractivity contribution in [1.29, 1.82) is 0 Å². The predicted octanol–water partition coefficient (Wildman–Crippen LogP) is 2.77. The second-order valence-corrected chi connectivity index (χ2v) is 7.72. The van der Waals surface area contributed by atoms with Crippen LogP contribution in [0.15, 0.2) is 0 Å². The number of amides is 1. The van der Waals surface area contributed by atoms with Crippen molar-refractivity contribution in [1.82, 2.24) is 10.2 Å². The Morgan fingerprint density at radius 1 is 1.38 bits per heavy atom. The van der Waals surface area contributed by atoms with Gasteiger partial charge in [-0.15, -0.1) is 0 Å². The fraction of sp³-hybridized carbons (Fsp3) is 0.941. The molecule has 2 rings (SSSR count). The van der Waals surface area contributed by atoms with Gasteiger partial charge in [0.2, 0.25) is 5.91 Å². The molecule has 2 aliphatic heterocycles. The summed E-state index contributed by atoms with van der Waals surface area (Å²) in [4.78, 5) is 15.1. The van der Waals surface area contributed by atoms with Crippen molar-refractivity contribution in [3.63, 3.8) is 0 Å². The molecule has 0 aromatic carbocycles. The van der Waals surface area contributed by atoms with Gasteiger partial charge in [0.15, 0.2) is 0 Å². The monoisotopic (exact) mass is 296 g/mol. The lowest BCUT2D eigenvalue weighted by Gasteiger charge is -2.42. The lowest BCUT2D eigenvalue weighted by atomic mass is 9.91. The van der Waals surface area contributed by atoms with Crippen LogP contribution < -0.4 is 5.32 Å². The smallest absolute Gasteiger partial charge is 0.241 e. The summed E-state index contributed by atoms with van der Waals surface area (Å²) in [5.41, 5.74) is -0.126. The molecular formula is C17H32N2O2. The number of hydrogen-bond donors (Lipinski definition) is 1. The summed E-state index contributed by atoms with van der Waals surface area (Å²) in [5, 5.41) is 3.60. The quantitative estimate of drug-likeness (QED) is 0.867. The maximum atomic E-state index is 13.0. The molecule has 0 radical (unpaired) electrons. The Hall–Kier alpha value is -0.610. The predicted molar refractivity (Wildman–Crippen MR) is 84.9 cm³/mol. The van der Waals surface area contributed by atoms with Crippen LogP contribution in [0.3, 0.4) is 0 Å². The highest BCUT2D eigenvalue weighted by Crippen LogP contribution is 2.33. The van der Waals surface area contributed by atoms with E-state index in [-0.39, 0.29) is 17.8 Å². The van der Waals surface area contributed by atoms with Crippen molar-refractivity contribution in [2.45, 2.75) is 84.7 Å². The van der Waals surface area contributed by atoms with E-state index in [1.807, 2.05) is 0 Å². The average molecular weight is 296 g/mol. The highest BCUT2D eigenvalue weighted by molar-refractivity contribution is 5.85. The maximum Gasteiger partial charge on any atom is 0.241 e. The highest BCUT2D eigenvalue weighted by Gasteiger charge is 2.47. The van der Waals surface area contributed by atoms with Crippen LogP contribution in [0, 0.1) is 11.8 Å². The Labute approximate surface area is 129 Å². The zero-order valence-corrected chi connectivity index (χ0v) is 14.5. The van der Waals surface area contributed by atoms with Crippen molar-refractivity contribution in [2.24, 2.45) is 11.8 Å². The molecule has 0 aliphatic carbocycles. The van der Waals surface area contributed by atoms with Crippen molar-refractivity contribution in [3.05, 3.63) is 0 Å². The fourth-order valence-electron chi connectivity index (χ4n) is 3.63. The Morgan fingerprint density at radius 3 is 2.57 bits per heavy atom. The third kappa shape index (κ3) is 3.42. The zero-order valence-electron chi connectivity index (χ0n) is 14.5. The van der Waals surface area contributed by atoms with Gasteiger partial charge in [0.1, 0.15) is 0 Å². The van der Waals surface area contributed by atoms with E-state index in [1.54, 1.807) is 0 Å². The van der Waals surface area contributed by atoms with Crippen LogP contribution in [-0.4, -0.2) is 41.3 Å². The van der Waals surface area contributed by atoms with Crippen LogP contribution >= 0.6 is 0 Å². The minimum Gasteiger partial charge on any atom is -0.375 e. The van der Waals surface area contributed by atoms with Crippen molar-refractivity contribution < 1.29 is 9.53 Å². The molecular weight excluding hydrogens is 264 g/mol. The first-order chi connectivity index (χ1) is 9.76. The minimum atomic E-state index is -0.126. The number of hydrogen-bond acceptors (Lipinski definition) is 3. The average Bonchev–Trinajstić information content (AvgIpc) is 2.74. The van der Waals surface area contributed by atoms with Crippen LogP contribution in [0.25, 0.3) is 0 Å². The maximum absolute atomic E-state index is 13.0. The third-order valence-corrected chi connectivity index (χ3v) is 5.08. The number of rotatable bonds is 4. The number of nitrogens with one attached hydrogen (secondary N) is 1. The molecule has 4 atom stereocenters. The van der Waals surface area contributed by atoms with Gasteiger partial charge in [-0.2, -0.15) is 0 Å². The SMILES string of the molecule is CCC(C)C1NC(C(C)C)N(C2CCOC(C)(C)C2)C1=O. The molecule has 122 valence electrons. The molecule has 2 fully saturated rings. The summed E-state index contributed by atoms with van der Waals surface area (Å²) >= 11 is 0. The topological polar surface area (TPSA) is 41.6 Å². The van der Waals surface area contributed by atoms with E-state index in [1.165, 1.54) is 0 Å². The van der Waals surface area contributed by atoms with Gasteiger partial charge in [0.25, 0.3) is 0 Å². The molecule has 4 heteroatoms. The first-order valence-corrected chi connectivity index (χ1v) is 8.49. The van der Waals surface area contributed by atoms with Gasteiger partial charge in [-0.05, 0) is 38.5 Å². The first kappa shape index (κ1) is 16.8. The van der Waals surface area contributed by atoms with Gasteiger partial charge in [-0.25, -0.2) is 0 Å². The Balaban J connectivity index is 2.20. The summed E-state index contributed by atoms with van der Waals surface area (Å²) in [6.45, 7) is 13.7. The zero-order chi connectivity index (χ0) is 15.8. The van der Waals surface area contributed by atoms with E-state index in [9.17, 15) is 4.79 Å². The van der Waals surface area contributed by atoms with E-state index in [0.717, 1.165) is 25.9 Å². The highest BCUT2D eigenvalue weighted by atomic mass is 16.5. The molecule has 1 amide bonds. The molecule has 4 nitrogen and oxygen atoms in total. The lowest BCUT2D eigenvalue weighted by Crippen LogP contribution is -2.52. The molecule has 0 bridgehead atoms. The van der Waals surface area contributed by atoms with Gasteiger partial charge >= 0.3 is 0 Å². The molecule has 0 aromatic rings. The largest absolute Gasteiger partial charge is 0.375 e. The minimum absolute atomic E-state index is 0.0200. The van der Waals surface area contributed by atoms with Crippen molar-refractivity contribution in [2.75, 3.05) is 6.61 Å². The third-order valence-electron chi connectivity index (χ3n) is 5.08. The summed E-state index contributed by atoms with van der Waals surface area (Å²) in [6, 6.07) is 0.281. The van der Waals surface area contributed by atoms with Crippen LogP contribution in [0.1, 0.15) is 60.8 Å². The van der Waals surface area contributed by atoms with Gasteiger partial charge in [0.05, 0.1) is 17.8 Å². The second-order valence-electron chi connectivity index (χ2n) is 7.72. The van der Waals surface area contributed by atoms with Gasteiger partial charge < -0.3 is 9.64 Å². The first-order valence-electron chi connectivity index (χ1n) is 8.49. The molecule has 0 aromatic heterocycles. The van der Waals surface area contributed by atoms with E-state index in [2.05, 4.69) is 51.8 Å². The molecule has 4 unspecified atom stereocenters. The standard InChI is InChI=1S/C17H32N2O2/c1-7-12(4)14-16(20)19(15(18-14)11(2)3)13-8-9-21-17(5,6)10-13/h11-15,18H,7-10H2,1-6H3. The normalized spacial score (nSPS) is 34.5. The van der Waals surface area contributed by atoms with Gasteiger partial charge in [-0.1, -0.05) is 34.1 Å². The molecule has 21 heavy (non-hydrogen) atoms. The molecule has 1 N–H and O–H groups in total. The van der Waals surface area contributed by atoms with Gasteiger partial charge in [0, 0.05) is 12.6 Å². The molecule has 2 aliphatic rings. The number of carbonyl (C=O) groups excluding carboxylic acids is 1. The second kappa shape index (κ2) is 6.25. The summed E-state index contributed by atoms with van der Waals surface area (Å²) < 4.78 is 5.82. The van der Waals surface area contributed by atoms with E-state index in [0.29, 0.717) is 23.8 Å². The summed E-state index contributed by atoms with van der Waals surface area (Å²) in [6.07, 6.45) is 3.07. The van der Waals surface area contributed by atoms with Crippen LogP contribution in [0.4, 0.5) is 0 Å². The Bertz CT molecular complexity index is 381. The van der Waals surface area contributed by atoms with Crippen LogP contribution in [0.2, 0.25) is 0 Å². The van der Waals surface area contributed by atoms with E-state index in [4.69, 9.17) is 4.74 Å². The number of nitrogens with zero attached hydrogens (tertiary/aromatic N) is 1. The number of ether oxygens (including phenoxy) is 1. The number of carbonyl (C=O) groups is 1. The molecule has 0 saturated carbocycles. The lowest BCUT2D eigenvalue weighted by molar-refractivity contribution is -0.140. The molecule has 0 spiro atoms. The van der Waals surface area contributed by atoms with Crippen LogP contribution in [0.5, 0.6) is 0 Å². The van der Waals surface area contributed by atoms with Crippen molar-refractivity contribution in [3.8, 4) is 0 Å². The van der Waals surface area contributed by atoms with Crippen LogP contribution in [-0.2, 0) is 9.53 Å². The molecule has 2 saturated heterocycles. The molecule has 2 heterocycles. The Kier molecular flexibility index (Phi) is 4.99. The summed E-state index contributed by atoms with van der Waals surface area (Å²) in [5.74, 6) is 1.11. The fourth-order valence-corrected chi connectivity index (χ4v) is 3.63. The summed E-state index contributed by atoms with van der Waals surface area (Å²) in [7, 11) is 0. The van der Waals surface area contributed by atoms with Crippen molar-refractivity contribution >= 4 is 5.91 Å². The van der Waals surface area contributed by atoms with Gasteiger partial charge in [-0.3, -0.25) is 10.1 Å². The van der Waals surface area contributed by atoms with E-state index < -0.39 is 0 Å². The Morgan fingerprint density at radius 2 is 2.05 bits per heavy atom.